The molecule has 0 saturated carbocycles. The van der Waals surface area contributed by atoms with Crippen molar-refractivity contribution < 1.29 is 19.4 Å². The van der Waals surface area contributed by atoms with Gasteiger partial charge >= 0.3 is 5.97 Å². The first-order valence-corrected chi connectivity index (χ1v) is 7.97. The molecular formula is C17H34N2O4. The van der Waals surface area contributed by atoms with Gasteiger partial charge in [0.15, 0.2) is 0 Å². The van der Waals surface area contributed by atoms with Crippen LogP contribution in [0.4, 0.5) is 0 Å². The zero-order valence-corrected chi connectivity index (χ0v) is 15.8. The van der Waals surface area contributed by atoms with Gasteiger partial charge in [-0.2, -0.15) is 0 Å². The van der Waals surface area contributed by atoms with Gasteiger partial charge in [0.05, 0.1) is 30.7 Å². The molecule has 0 heterocycles. The number of nitrogens with one attached hydrogen (secondary N) is 1. The van der Waals surface area contributed by atoms with E-state index in [1.54, 1.807) is 0 Å². The Balaban J connectivity index is 4.79. The second-order valence-corrected chi connectivity index (χ2v) is 9.00. The number of carbonyl (C=O) groups is 2. The molecule has 0 rings (SSSR count). The average molecular weight is 330 g/mol. The molecule has 1 amide bonds. The molecule has 6 nitrogen and oxygen atoms in total. The van der Waals surface area contributed by atoms with Gasteiger partial charge in [-0.05, 0) is 24.7 Å². The molecule has 0 fully saturated rings. The van der Waals surface area contributed by atoms with Crippen LogP contribution in [0.5, 0.6) is 0 Å². The highest BCUT2D eigenvalue weighted by Gasteiger charge is 2.37. The standard InChI is InChI=1S/C17H34N2O4/c1-15(2,3)14(16(4,5)6)23-10-17(7,8)19-13(22)11(18)9-12(20)21/h11,14H,9-10,18H2,1-8H3,(H,19,22)(H,20,21)/t11-/m0/s1. The maximum Gasteiger partial charge on any atom is 0.305 e. The van der Waals surface area contributed by atoms with Crippen LogP contribution >= 0.6 is 0 Å². The zero-order valence-electron chi connectivity index (χ0n) is 15.8. The minimum atomic E-state index is -1.10. The normalized spacial score (nSPS) is 14.7. The van der Waals surface area contributed by atoms with Crippen molar-refractivity contribution in [2.75, 3.05) is 6.61 Å². The number of ether oxygens (including phenoxy) is 1. The Morgan fingerprint density at radius 3 is 1.83 bits per heavy atom. The van der Waals surface area contributed by atoms with E-state index in [-0.39, 0.29) is 16.9 Å². The van der Waals surface area contributed by atoms with Gasteiger partial charge in [0.1, 0.15) is 0 Å². The summed E-state index contributed by atoms with van der Waals surface area (Å²) in [7, 11) is 0. The molecule has 0 spiro atoms. The number of rotatable bonds is 7. The molecule has 0 bridgehead atoms. The molecule has 136 valence electrons. The Hall–Kier alpha value is -1.14. The molecule has 0 aliphatic carbocycles. The summed E-state index contributed by atoms with van der Waals surface area (Å²) < 4.78 is 6.13. The molecule has 0 aromatic rings. The molecule has 0 saturated heterocycles. The van der Waals surface area contributed by atoms with E-state index in [9.17, 15) is 9.59 Å². The van der Waals surface area contributed by atoms with Gasteiger partial charge in [-0.1, -0.05) is 41.5 Å². The third-order valence-corrected chi connectivity index (χ3v) is 3.38. The fourth-order valence-corrected chi connectivity index (χ4v) is 2.83. The molecule has 23 heavy (non-hydrogen) atoms. The van der Waals surface area contributed by atoms with E-state index in [0.29, 0.717) is 6.61 Å². The maximum absolute atomic E-state index is 12.0. The van der Waals surface area contributed by atoms with Crippen molar-refractivity contribution in [3.63, 3.8) is 0 Å². The second kappa shape index (κ2) is 7.62. The summed E-state index contributed by atoms with van der Waals surface area (Å²) in [5, 5.41) is 11.5. The van der Waals surface area contributed by atoms with E-state index in [4.69, 9.17) is 15.6 Å². The number of aliphatic carboxylic acids is 1. The first kappa shape index (κ1) is 21.9. The van der Waals surface area contributed by atoms with E-state index < -0.39 is 29.9 Å². The topological polar surface area (TPSA) is 102 Å². The minimum Gasteiger partial charge on any atom is -0.481 e. The van der Waals surface area contributed by atoms with Crippen LogP contribution in [0.1, 0.15) is 61.8 Å². The van der Waals surface area contributed by atoms with Gasteiger partial charge in [-0.3, -0.25) is 9.59 Å². The molecule has 0 radical (unpaired) electrons. The van der Waals surface area contributed by atoms with Gasteiger partial charge in [0, 0.05) is 0 Å². The lowest BCUT2D eigenvalue weighted by atomic mass is 9.74. The van der Waals surface area contributed by atoms with Crippen molar-refractivity contribution >= 4 is 11.9 Å². The van der Waals surface area contributed by atoms with E-state index in [0.717, 1.165) is 0 Å². The molecule has 6 heteroatoms. The number of carboxylic acids is 1. The first-order chi connectivity index (χ1) is 10.1. The van der Waals surface area contributed by atoms with E-state index in [1.807, 2.05) is 13.8 Å². The first-order valence-electron chi connectivity index (χ1n) is 7.97. The molecule has 0 unspecified atom stereocenters. The largest absolute Gasteiger partial charge is 0.481 e. The van der Waals surface area contributed by atoms with Crippen molar-refractivity contribution in [2.24, 2.45) is 16.6 Å². The summed E-state index contributed by atoms with van der Waals surface area (Å²) >= 11 is 0. The zero-order chi connectivity index (χ0) is 18.6. The molecule has 4 N–H and O–H groups in total. The second-order valence-electron chi connectivity index (χ2n) is 9.00. The predicted molar refractivity (Wildman–Crippen MR) is 91.1 cm³/mol. The van der Waals surface area contributed by atoms with Crippen LogP contribution in [-0.2, 0) is 14.3 Å². The molecule has 0 aliphatic rings. The van der Waals surface area contributed by atoms with Gasteiger partial charge in [0.25, 0.3) is 0 Å². The highest BCUT2D eigenvalue weighted by atomic mass is 16.5. The molecule has 0 aromatic heterocycles. The lowest BCUT2D eigenvalue weighted by molar-refractivity contribution is -0.140. The van der Waals surface area contributed by atoms with Crippen LogP contribution < -0.4 is 11.1 Å². The number of hydrogen-bond donors (Lipinski definition) is 3. The van der Waals surface area contributed by atoms with Gasteiger partial charge in [-0.25, -0.2) is 0 Å². The molecule has 0 aromatic carbocycles. The van der Waals surface area contributed by atoms with E-state index >= 15 is 0 Å². The van der Waals surface area contributed by atoms with Crippen LogP contribution in [0.3, 0.4) is 0 Å². The number of carbonyl (C=O) groups excluding carboxylic acids is 1. The SMILES string of the molecule is CC(C)(COC(C(C)(C)C)C(C)(C)C)NC(=O)[C@@H](N)CC(=O)O. The Bertz CT molecular complexity index is 405. The van der Waals surface area contributed by atoms with Crippen molar-refractivity contribution in [1.82, 2.24) is 5.32 Å². The Morgan fingerprint density at radius 2 is 1.48 bits per heavy atom. The average Bonchev–Trinajstić information content (AvgIpc) is 2.22. The number of amides is 1. The monoisotopic (exact) mass is 330 g/mol. The summed E-state index contributed by atoms with van der Waals surface area (Å²) in [6, 6.07) is -1.06. The Labute approximate surface area is 140 Å². The van der Waals surface area contributed by atoms with Crippen molar-refractivity contribution in [3.8, 4) is 0 Å². The fraction of sp³-hybridized carbons (Fsp3) is 0.882. The number of hydrogen-bond acceptors (Lipinski definition) is 4. The van der Waals surface area contributed by atoms with Crippen LogP contribution in [0.25, 0.3) is 0 Å². The smallest absolute Gasteiger partial charge is 0.305 e. The summed E-state index contributed by atoms with van der Waals surface area (Å²) in [5.41, 5.74) is 4.86. The Kier molecular flexibility index (Phi) is 7.24. The summed E-state index contributed by atoms with van der Waals surface area (Å²) in [4.78, 5) is 22.6. The lowest BCUT2D eigenvalue weighted by Gasteiger charge is -2.42. The van der Waals surface area contributed by atoms with Gasteiger partial charge < -0.3 is 20.9 Å². The van der Waals surface area contributed by atoms with Crippen LogP contribution in [0.2, 0.25) is 0 Å². The predicted octanol–water partition coefficient (Wildman–Crippen LogP) is 2.16. The molecular weight excluding hydrogens is 296 g/mol. The van der Waals surface area contributed by atoms with Crippen LogP contribution in [0, 0.1) is 10.8 Å². The van der Waals surface area contributed by atoms with Gasteiger partial charge in [0.2, 0.25) is 5.91 Å². The molecule has 0 aliphatic heterocycles. The summed E-state index contributed by atoms with van der Waals surface area (Å²) in [5.74, 6) is -1.58. The minimum absolute atomic E-state index is 0.00105. The van der Waals surface area contributed by atoms with Crippen molar-refractivity contribution in [3.05, 3.63) is 0 Å². The van der Waals surface area contributed by atoms with E-state index in [2.05, 4.69) is 46.9 Å². The highest BCUT2D eigenvalue weighted by Crippen LogP contribution is 2.36. The summed E-state index contributed by atoms with van der Waals surface area (Å²) in [6.45, 7) is 16.7. The lowest BCUT2D eigenvalue weighted by Crippen LogP contribution is -2.54. The third-order valence-electron chi connectivity index (χ3n) is 3.38. The van der Waals surface area contributed by atoms with Crippen LogP contribution in [-0.4, -0.2) is 41.3 Å². The van der Waals surface area contributed by atoms with E-state index in [1.165, 1.54) is 0 Å². The summed E-state index contributed by atoms with van der Waals surface area (Å²) in [6.07, 6.45) is -0.395. The van der Waals surface area contributed by atoms with Gasteiger partial charge in [-0.15, -0.1) is 0 Å². The van der Waals surface area contributed by atoms with Crippen LogP contribution in [0.15, 0.2) is 0 Å². The Morgan fingerprint density at radius 1 is 1.04 bits per heavy atom. The quantitative estimate of drug-likeness (QED) is 0.664. The number of nitrogens with two attached hydrogens (primary N) is 1. The third kappa shape index (κ3) is 8.32. The van der Waals surface area contributed by atoms with Crippen molar-refractivity contribution in [1.29, 1.82) is 0 Å². The van der Waals surface area contributed by atoms with Crippen molar-refractivity contribution in [2.45, 2.75) is 79.5 Å². The highest BCUT2D eigenvalue weighted by molar-refractivity contribution is 5.86. The molecule has 1 atom stereocenters. The maximum atomic E-state index is 12.0. The fourth-order valence-electron chi connectivity index (χ4n) is 2.83. The number of carboxylic acid groups (broad SMARTS) is 1.